The number of hydrogen-bond donors (Lipinski definition) is 1. The van der Waals surface area contributed by atoms with Crippen LogP contribution in [0.4, 0.5) is 0 Å². The van der Waals surface area contributed by atoms with Crippen LogP contribution in [0, 0.1) is 11.8 Å². The van der Waals surface area contributed by atoms with Crippen LogP contribution in [0.5, 0.6) is 0 Å². The van der Waals surface area contributed by atoms with Crippen molar-refractivity contribution in [2.75, 3.05) is 14.1 Å². The summed E-state index contributed by atoms with van der Waals surface area (Å²) < 4.78 is 0. The van der Waals surface area contributed by atoms with E-state index in [0.717, 1.165) is 12.3 Å². The number of nitrogens with one attached hydrogen (secondary N) is 1. The van der Waals surface area contributed by atoms with Gasteiger partial charge in [0, 0.05) is 20.1 Å². The van der Waals surface area contributed by atoms with E-state index < -0.39 is 0 Å². The Hall–Kier alpha value is -0.570. The Kier molecular flexibility index (Phi) is 7.57. The Labute approximate surface area is 125 Å². The number of rotatable bonds is 6. The molecular weight excluding hydrogens is 248 g/mol. The van der Waals surface area contributed by atoms with Crippen molar-refractivity contribution in [3.8, 4) is 0 Å². The van der Waals surface area contributed by atoms with Gasteiger partial charge in [-0.3, -0.25) is 4.79 Å². The largest absolute Gasteiger partial charge is 0.347 e. The van der Waals surface area contributed by atoms with E-state index in [1.54, 1.807) is 4.90 Å². The molecule has 1 fully saturated rings. The zero-order valence-corrected chi connectivity index (χ0v) is 14.1. The van der Waals surface area contributed by atoms with Gasteiger partial charge in [0.25, 0.3) is 0 Å². The second-order valence-electron chi connectivity index (χ2n) is 7.06. The fourth-order valence-electron chi connectivity index (χ4n) is 3.26. The van der Waals surface area contributed by atoms with Crippen molar-refractivity contribution in [3.05, 3.63) is 0 Å². The molecule has 1 aliphatic rings. The summed E-state index contributed by atoms with van der Waals surface area (Å²) >= 11 is 0. The van der Waals surface area contributed by atoms with Gasteiger partial charge in [0.15, 0.2) is 0 Å². The van der Waals surface area contributed by atoms with E-state index >= 15 is 0 Å². The molecule has 0 spiro atoms. The maximum atomic E-state index is 12.3. The normalized spacial score (nSPS) is 25.3. The van der Waals surface area contributed by atoms with Gasteiger partial charge in [-0.1, -0.05) is 40.0 Å². The van der Waals surface area contributed by atoms with Gasteiger partial charge < -0.3 is 10.2 Å². The van der Waals surface area contributed by atoms with Gasteiger partial charge in [0.1, 0.15) is 0 Å². The predicted molar refractivity (Wildman–Crippen MR) is 85.7 cm³/mol. The zero-order valence-electron chi connectivity index (χ0n) is 14.1. The first-order chi connectivity index (χ1) is 9.43. The quantitative estimate of drug-likeness (QED) is 0.757. The van der Waals surface area contributed by atoms with Crippen LogP contribution in [0.2, 0.25) is 0 Å². The highest BCUT2D eigenvalue weighted by atomic mass is 16.2. The van der Waals surface area contributed by atoms with Crippen molar-refractivity contribution < 1.29 is 4.79 Å². The van der Waals surface area contributed by atoms with Crippen molar-refractivity contribution in [2.45, 2.75) is 77.8 Å². The lowest BCUT2D eigenvalue weighted by atomic mass is 9.97. The number of likely N-dealkylation sites (N-methyl/N-ethyl adjacent to an activating group) is 1. The highest BCUT2D eigenvalue weighted by molar-refractivity contribution is 5.81. The van der Waals surface area contributed by atoms with Gasteiger partial charge in [0.2, 0.25) is 5.91 Å². The lowest BCUT2D eigenvalue weighted by Crippen LogP contribution is -2.48. The SMILES string of the molecule is CCC1CCCC(NC(CC(C)C)C(=O)N(C)C)CC1. The molecular formula is C17H34N2O. The van der Waals surface area contributed by atoms with Crippen molar-refractivity contribution in [3.63, 3.8) is 0 Å². The molecule has 1 rings (SSSR count). The molecule has 0 radical (unpaired) electrons. The first kappa shape index (κ1) is 17.5. The molecule has 3 unspecified atom stereocenters. The molecule has 118 valence electrons. The molecule has 0 saturated heterocycles. The van der Waals surface area contributed by atoms with Crippen LogP contribution in [0.3, 0.4) is 0 Å². The maximum Gasteiger partial charge on any atom is 0.239 e. The van der Waals surface area contributed by atoms with E-state index in [9.17, 15) is 4.79 Å². The minimum Gasteiger partial charge on any atom is -0.347 e. The average Bonchev–Trinajstić information content (AvgIpc) is 2.61. The first-order valence-corrected chi connectivity index (χ1v) is 8.41. The van der Waals surface area contributed by atoms with Crippen LogP contribution in [-0.2, 0) is 4.79 Å². The number of amides is 1. The Morgan fingerprint density at radius 1 is 1.20 bits per heavy atom. The minimum atomic E-state index is -0.00632. The van der Waals surface area contributed by atoms with Crippen LogP contribution in [0.25, 0.3) is 0 Å². The van der Waals surface area contributed by atoms with Gasteiger partial charge in [-0.15, -0.1) is 0 Å². The van der Waals surface area contributed by atoms with Crippen LogP contribution in [0.1, 0.15) is 65.7 Å². The molecule has 0 bridgehead atoms. The summed E-state index contributed by atoms with van der Waals surface area (Å²) in [7, 11) is 3.72. The molecule has 3 atom stereocenters. The Balaban J connectivity index is 2.57. The molecule has 20 heavy (non-hydrogen) atoms. The molecule has 1 saturated carbocycles. The summed E-state index contributed by atoms with van der Waals surface area (Å²) in [6, 6.07) is 0.521. The first-order valence-electron chi connectivity index (χ1n) is 8.41. The topological polar surface area (TPSA) is 32.3 Å². The van der Waals surface area contributed by atoms with E-state index in [-0.39, 0.29) is 11.9 Å². The summed E-state index contributed by atoms with van der Waals surface area (Å²) in [5, 5.41) is 3.66. The summed E-state index contributed by atoms with van der Waals surface area (Å²) in [5.41, 5.74) is 0. The highest BCUT2D eigenvalue weighted by Gasteiger charge is 2.26. The molecule has 3 heteroatoms. The maximum absolute atomic E-state index is 12.3. The average molecular weight is 282 g/mol. The molecule has 1 N–H and O–H groups in total. The van der Waals surface area contributed by atoms with Gasteiger partial charge in [-0.2, -0.15) is 0 Å². The van der Waals surface area contributed by atoms with Crippen LogP contribution >= 0.6 is 0 Å². The fourth-order valence-corrected chi connectivity index (χ4v) is 3.26. The van der Waals surface area contributed by atoms with E-state index in [1.165, 1.54) is 38.5 Å². The Morgan fingerprint density at radius 3 is 2.45 bits per heavy atom. The highest BCUT2D eigenvalue weighted by Crippen LogP contribution is 2.26. The van der Waals surface area contributed by atoms with Crippen molar-refractivity contribution in [1.29, 1.82) is 0 Å². The number of carbonyl (C=O) groups excluding carboxylic acids is 1. The third-order valence-electron chi connectivity index (χ3n) is 4.55. The van der Waals surface area contributed by atoms with Gasteiger partial charge >= 0.3 is 0 Å². The van der Waals surface area contributed by atoms with E-state index in [0.29, 0.717) is 12.0 Å². The monoisotopic (exact) mass is 282 g/mol. The van der Waals surface area contributed by atoms with E-state index in [1.807, 2.05) is 14.1 Å². The molecule has 1 amide bonds. The molecule has 3 nitrogen and oxygen atoms in total. The summed E-state index contributed by atoms with van der Waals surface area (Å²) in [4.78, 5) is 14.0. The Morgan fingerprint density at radius 2 is 1.90 bits per heavy atom. The molecule has 0 aromatic rings. The lowest BCUT2D eigenvalue weighted by molar-refractivity contribution is -0.131. The van der Waals surface area contributed by atoms with Gasteiger partial charge in [-0.05, 0) is 37.5 Å². The van der Waals surface area contributed by atoms with Crippen molar-refractivity contribution >= 4 is 5.91 Å². The van der Waals surface area contributed by atoms with Crippen molar-refractivity contribution in [2.24, 2.45) is 11.8 Å². The summed E-state index contributed by atoms with van der Waals surface area (Å²) in [6.07, 6.45) is 8.69. The smallest absolute Gasteiger partial charge is 0.239 e. The molecule has 0 aromatic heterocycles. The second kappa shape index (κ2) is 8.66. The zero-order chi connectivity index (χ0) is 15.1. The molecule has 0 aliphatic heterocycles. The third-order valence-corrected chi connectivity index (χ3v) is 4.55. The number of hydrogen-bond acceptors (Lipinski definition) is 2. The third kappa shape index (κ3) is 5.82. The number of carbonyl (C=O) groups is 1. The predicted octanol–water partition coefficient (Wildman–Crippen LogP) is 3.44. The van der Waals surface area contributed by atoms with Crippen LogP contribution in [0.15, 0.2) is 0 Å². The van der Waals surface area contributed by atoms with Crippen molar-refractivity contribution in [1.82, 2.24) is 10.2 Å². The standard InChI is InChI=1S/C17H34N2O/c1-6-14-8-7-9-15(11-10-14)18-16(12-13(2)3)17(20)19(4)5/h13-16,18H,6-12H2,1-5H3. The molecule has 0 heterocycles. The van der Waals surface area contributed by atoms with Gasteiger partial charge in [0.05, 0.1) is 6.04 Å². The second-order valence-corrected chi connectivity index (χ2v) is 7.06. The fraction of sp³-hybridized carbons (Fsp3) is 0.941. The van der Waals surface area contributed by atoms with Crippen LogP contribution in [-0.4, -0.2) is 37.0 Å². The molecule has 0 aromatic carbocycles. The Bertz CT molecular complexity index is 289. The summed E-state index contributed by atoms with van der Waals surface area (Å²) in [6.45, 7) is 6.69. The molecule has 1 aliphatic carbocycles. The van der Waals surface area contributed by atoms with Crippen LogP contribution < -0.4 is 5.32 Å². The number of nitrogens with zero attached hydrogens (tertiary/aromatic N) is 1. The summed E-state index contributed by atoms with van der Waals surface area (Å²) in [5.74, 6) is 1.68. The lowest BCUT2D eigenvalue weighted by Gasteiger charge is -2.27. The van der Waals surface area contributed by atoms with Gasteiger partial charge in [-0.25, -0.2) is 0 Å². The van der Waals surface area contributed by atoms with E-state index in [4.69, 9.17) is 0 Å². The minimum absolute atomic E-state index is 0.00632. The van der Waals surface area contributed by atoms with E-state index in [2.05, 4.69) is 26.1 Å².